The van der Waals surface area contributed by atoms with Gasteiger partial charge in [0.25, 0.3) is 5.91 Å². The van der Waals surface area contributed by atoms with Gasteiger partial charge in [-0.3, -0.25) is 25.2 Å². The van der Waals surface area contributed by atoms with Crippen LogP contribution in [0.1, 0.15) is 51.2 Å². The van der Waals surface area contributed by atoms with E-state index in [1.54, 1.807) is 0 Å². The lowest BCUT2D eigenvalue weighted by Crippen LogP contribution is -2.44. The van der Waals surface area contributed by atoms with Crippen molar-refractivity contribution in [1.29, 1.82) is 0 Å². The molecular weight excluding hydrogens is 394 g/mol. The summed E-state index contributed by atoms with van der Waals surface area (Å²) >= 11 is 0. The van der Waals surface area contributed by atoms with Crippen LogP contribution in [0.3, 0.4) is 0 Å². The van der Waals surface area contributed by atoms with Crippen LogP contribution >= 0.6 is 0 Å². The number of carbonyl (C=O) groups is 3. The molecule has 166 valence electrons. The number of hydrazine groups is 1. The second-order valence-electron chi connectivity index (χ2n) is 7.91. The number of hydrogen-bond acceptors (Lipinski definition) is 4. The Morgan fingerprint density at radius 3 is 2.10 bits per heavy atom. The fourth-order valence-electron chi connectivity index (χ4n) is 2.71. The summed E-state index contributed by atoms with van der Waals surface area (Å²) in [5, 5.41) is 2.75. The molecule has 7 heteroatoms. The Kier molecular flexibility index (Phi) is 9.06. The number of amides is 3. The number of carbonyl (C=O) groups excluding carboxylic acids is 3. The molecule has 0 radical (unpaired) electrons. The predicted molar refractivity (Wildman–Crippen MR) is 119 cm³/mol. The maximum absolute atomic E-state index is 11.9. The summed E-state index contributed by atoms with van der Waals surface area (Å²) in [5.41, 5.74) is 6.84. The Morgan fingerprint density at radius 1 is 0.839 bits per heavy atom. The van der Waals surface area contributed by atoms with Crippen LogP contribution in [0, 0.1) is 0 Å². The third-order valence-electron chi connectivity index (χ3n) is 5.14. The third kappa shape index (κ3) is 8.50. The highest BCUT2D eigenvalue weighted by Gasteiger charge is 2.17. The Labute approximate surface area is 183 Å². The number of rotatable bonds is 10. The summed E-state index contributed by atoms with van der Waals surface area (Å²) in [4.78, 5) is 35.5. The Hall–Kier alpha value is -3.35. The number of hydrogen-bond donors (Lipinski definition) is 3. The van der Waals surface area contributed by atoms with Crippen LogP contribution in [0.4, 0.5) is 0 Å². The molecule has 0 fully saturated rings. The molecule has 0 aromatic heterocycles. The molecule has 0 spiro atoms. The van der Waals surface area contributed by atoms with E-state index in [0.29, 0.717) is 12.3 Å². The molecule has 2 aromatic rings. The molecule has 0 aliphatic carbocycles. The minimum atomic E-state index is -0.486. The fraction of sp³-hybridized carbons (Fsp3) is 0.375. The van der Waals surface area contributed by atoms with Crippen molar-refractivity contribution in [3.05, 3.63) is 65.7 Å². The van der Waals surface area contributed by atoms with Gasteiger partial charge in [-0.15, -0.1) is 0 Å². The minimum absolute atomic E-state index is 0.0313. The topological polar surface area (TPSA) is 96.5 Å². The molecule has 7 nitrogen and oxygen atoms in total. The molecule has 31 heavy (non-hydrogen) atoms. The average molecular weight is 426 g/mol. The van der Waals surface area contributed by atoms with Crippen LogP contribution in [0.15, 0.2) is 54.6 Å². The van der Waals surface area contributed by atoms with E-state index in [-0.39, 0.29) is 30.8 Å². The molecule has 0 saturated carbocycles. The summed E-state index contributed by atoms with van der Waals surface area (Å²) in [6.07, 6.45) is 1.02. The highest BCUT2D eigenvalue weighted by molar-refractivity contribution is 5.86. The van der Waals surface area contributed by atoms with Gasteiger partial charge in [0.2, 0.25) is 11.8 Å². The van der Waals surface area contributed by atoms with Crippen molar-refractivity contribution in [2.75, 3.05) is 6.61 Å². The van der Waals surface area contributed by atoms with Crippen LogP contribution in [-0.4, -0.2) is 24.3 Å². The van der Waals surface area contributed by atoms with Gasteiger partial charge in [-0.2, -0.15) is 0 Å². The first kappa shape index (κ1) is 23.9. The van der Waals surface area contributed by atoms with Gasteiger partial charge in [-0.25, -0.2) is 0 Å². The van der Waals surface area contributed by atoms with Crippen LogP contribution < -0.4 is 20.9 Å². The maximum atomic E-state index is 11.9. The summed E-state index contributed by atoms with van der Waals surface area (Å²) < 4.78 is 5.45. The molecule has 0 saturated heterocycles. The molecule has 2 rings (SSSR count). The molecule has 0 atom stereocenters. The van der Waals surface area contributed by atoms with Crippen molar-refractivity contribution >= 4 is 17.7 Å². The fourth-order valence-corrected chi connectivity index (χ4v) is 2.71. The lowest BCUT2D eigenvalue weighted by molar-refractivity contribution is -0.131. The highest BCUT2D eigenvalue weighted by Crippen LogP contribution is 2.27. The van der Waals surface area contributed by atoms with E-state index < -0.39 is 11.8 Å². The standard InChI is InChI=1S/C24H31N3O4/c1-4-24(2,3)19-10-12-20(13-11-19)31-17-23(30)27-26-22(29)15-14-21(28)25-16-18-8-6-5-7-9-18/h5-13H,4,14-17H2,1-3H3,(H,25,28)(H,26,29)(H,27,30). The molecular formula is C24H31N3O4. The summed E-state index contributed by atoms with van der Waals surface area (Å²) in [6.45, 7) is 6.67. The number of ether oxygens (including phenoxy) is 1. The number of benzene rings is 2. The minimum Gasteiger partial charge on any atom is -0.484 e. The van der Waals surface area contributed by atoms with E-state index >= 15 is 0 Å². The van der Waals surface area contributed by atoms with Crippen molar-refractivity contribution in [2.24, 2.45) is 0 Å². The van der Waals surface area contributed by atoms with E-state index in [2.05, 4.69) is 36.9 Å². The maximum Gasteiger partial charge on any atom is 0.276 e. The summed E-state index contributed by atoms with van der Waals surface area (Å²) in [5.74, 6) is -0.593. The second-order valence-corrected chi connectivity index (χ2v) is 7.91. The van der Waals surface area contributed by atoms with Crippen molar-refractivity contribution in [3.8, 4) is 5.75 Å². The van der Waals surface area contributed by atoms with E-state index in [1.807, 2.05) is 54.6 Å². The zero-order chi connectivity index (χ0) is 22.7. The van der Waals surface area contributed by atoms with Gasteiger partial charge >= 0.3 is 0 Å². The summed E-state index contributed by atoms with van der Waals surface area (Å²) in [6, 6.07) is 17.1. The van der Waals surface area contributed by atoms with Gasteiger partial charge in [0, 0.05) is 19.4 Å². The van der Waals surface area contributed by atoms with Gasteiger partial charge < -0.3 is 10.1 Å². The van der Waals surface area contributed by atoms with Gasteiger partial charge in [-0.1, -0.05) is 63.2 Å². The Morgan fingerprint density at radius 2 is 1.45 bits per heavy atom. The largest absolute Gasteiger partial charge is 0.484 e. The van der Waals surface area contributed by atoms with E-state index in [9.17, 15) is 14.4 Å². The molecule has 3 amide bonds. The Balaban J connectivity index is 1.62. The second kappa shape index (κ2) is 11.7. The quantitative estimate of drug-likeness (QED) is 0.510. The first-order chi connectivity index (χ1) is 14.8. The molecule has 0 aliphatic rings. The zero-order valence-corrected chi connectivity index (χ0v) is 18.4. The van der Waals surface area contributed by atoms with Crippen molar-refractivity contribution < 1.29 is 19.1 Å². The number of nitrogens with one attached hydrogen (secondary N) is 3. The lowest BCUT2D eigenvalue weighted by atomic mass is 9.82. The van der Waals surface area contributed by atoms with Crippen LogP contribution in [0.2, 0.25) is 0 Å². The summed E-state index contributed by atoms with van der Waals surface area (Å²) in [7, 11) is 0. The van der Waals surface area contributed by atoms with Crippen LogP contribution in [0.5, 0.6) is 5.75 Å². The van der Waals surface area contributed by atoms with E-state index in [1.165, 1.54) is 5.56 Å². The monoisotopic (exact) mass is 425 g/mol. The van der Waals surface area contributed by atoms with E-state index in [0.717, 1.165) is 12.0 Å². The molecule has 0 bridgehead atoms. The zero-order valence-electron chi connectivity index (χ0n) is 18.4. The molecule has 2 aromatic carbocycles. The normalized spacial score (nSPS) is 10.8. The first-order valence-electron chi connectivity index (χ1n) is 10.4. The molecule has 3 N–H and O–H groups in total. The van der Waals surface area contributed by atoms with Gasteiger partial charge in [0.1, 0.15) is 5.75 Å². The van der Waals surface area contributed by atoms with Gasteiger partial charge in [-0.05, 0) is 35.1 Å². The molecule has 0 aliphatic heterocycles. The Bertz CT molecular complexity index is 864. The third-order valence-corrected chi connectivity index (χ3v) is 5.14. The average Bonchev–Trinajstić information content (AvgIpc) is 2.79. The first-order valence-corrected chi connectivity index (χ1v) is 10.4. The lowest BCUT2D eigenvalue weighted by Gasteiger charge is -2.23. The van der Waals surface area contributed by atoms with Crippen molar-refractivity contribution in [2.45, 2.75) is 52.0 Å². The molecule has 0 heterocycles. The highest BCUT2D eigenvalue weighted by atomic mass is 16.5. The van der Waals surface area contributed by atoms with Gasteiger partial charge in [0.05, 0.1) is 0 Å². The SMILES string of the molecule is CCC(C)(C)c1ccc(OCC(=O)NNC(=O)CCC(=O)NCc2ccccc2)cc1. The van der Waals surface area contributed by atoms with Crippen molar-refractivity contribution in [1.82, 2.24) is 16.2 Å². The smallest absolute Gasteiger partial charge is 0.276 e. The van der Waals surface area contributed by atoms with E-state index in [4.69, 9.17) is 4.74 Å². The molecule has 0 unspecified atom stereocenters. The van der Waals surface area contributed by atoms with Crippen molar-refractivity contribution in [3.63, 3.8) is 0 Å². The van der Waals surface area contributed by atoms with Crippen LogP contribution in [-0.2, 0) is 26.3 Å². The van der Waals surface area contributed by atoms with Gasteiger partial charge in [0.15, 0.2) is 6.61 Å². The van der Waals surface area contributed by atoms with Crippen LogP contribution in [0.25, 0.3) is 0 Å². The predicted octanol–water partition coefficient (Wildman–Crippen LogP) is 3.00.